The first-order chi connectivity index (χ1) is 13.7. The van der Waals surface area contributed by atoms with Crippen molar-refractivity contribution in [2.45, 2.75) is 32.9 Å². The fourth-order valence-electron chi connectivity index (χ4n) is 4.00. The standard InChI is InChI=1S/C23H28N4O/c1-3-13-24-25-23(28)18-10-8-17(9-11-18)15-27-21-7-5-4-6-19(21)20-16-26(2)14-12-22(20)27/h4-11,24H,3,12-16H2,1-2H3,(H,25,28). The summed E-state index contributed by atoms with van der Waals surface area (Å²) in [4.78, 5) is 14.5. The molecule has 2 aromatic carbocycles. The van der Waals surface area contributed by atoms with Gasteiger partial charge in [-0.1, -0.05) is 37.3 Å². The molecular formula is C23H28N4O. The number of carbonyl (C=O) groups is 1. The number of likely N-dealkylation sites (N-methyl/N-ethyl adjacent to an activating group) is 1. The molecule has 0 unspecified atom stereocenters. The maximum atomic E-state index is 12.2. The molecule has 0 aliphatic carbocycles. The molecule has 5 heteroatoms. The molecule has 0 saturated carbocycles. The first kappa shape index (κ1) is 18.7. The number of amides is 1. The predicted octanol–water partition coefficient (Wildman–Crippen LogP) is 3.32. The van der Waals surface area contributed by atoms with Crippen molar-refractivity contribution in [2.75, 3.05) is 20.1 Å². The molecule has 1 aliphatic rings. The highest BCUT2D eigenvalue weighted by Crippen LogP contribution is 2.31. The molecule has 2 heterocycles. The number of rotatable bonds is 6. The van der Waals surface area contributed by atoms with E-state index in [9.17, 15) is 4.79 Å². The lowest BCUT2D eigenvalue weighted by molar-refractivity contribution is 0.0933. The van der Waals surface area contributed by atoms with Crippen LogP contribution in [-0.2, 0) is 19.5 Å². The zero-order chi connectivity index (χ0) is 19.5. The number of para-hydroxylation sites is 1. The van der Waals surface area contributed by atoms with Gasteiger partial charge in [-0.2, -0.15) is 0 Å². The Morgan fingerprint density at radius 2 is 1.89 bits per heavy atom. The highest BCUT2D eigenvalue weighted by Gasteiger charge is 2.22. The first-order valence-corrected chi connectivity index (χ1v) is 10.1. The summed E-state index contributed by atoms with van der Waals surface area (Å²) in [6.07, 6.45) is 2.05. The monoisotopic (exact) mass is 376 g/mol. The lowest BCUT2D eigenvalue weighted by Crippen LogP contribution is -2.37. The van der Waals surface area contributed by atoms with Crippen LogP contribution in [0.15, 0.2) is 48.5 Å². The summed E-state index contributed by atoms with van der Waals surface area (Å²) in [5.74, 6) is -0.0909. The van der Waals surface area contributed by atoms with E-state index in [1.807, 2.05) is 12.1 Å². The molecule has 0 bridgehead atoms. The zero-order valence-electron chi connectivity index (χ0n) is 16.7. The molecule has 0 radical (unpaired) electrons. The van der Waals surface area contributed by atoms with Crippen LogP contribution >= 0.6 is 0 Å². The Morgan fingerprint density at radius 3 is 2.68 bits per heavy atom. The Labute approximate surface area is 166 Å². The average Bonchev–Trinajstić information content (AvgIpc) is 3.02. The third kappa shape index (κ3) is 3.68. The van der Waals surface area contributed by atoms with Crippen LogP contribution in [0.2, 0.25) is 0 Å². The van der Waals surface area contributed by atoms with Gasteiger partial charge < -0.3 is 9.47 Å². The van der Waals surface area contributed by atoms with Gasteiger partial charge in [-0.05, 0) is 42.8 Å². The molecule has 5 nitrogen and oxygen atoms in total. The minimum atomic E-state index is -0.0909. The Kier molecular flexibility index (Phi) is 5.46. The number of aromatic nitrogens is 1. The van der Waals surface area contributed by atoms with Gasteiger partial charge in [0, 0.05) is 54.8 Å². The molecule has 1 aliphatic heterocycles. The van der Waals surface area contributed by atoms with Crippen LogP contribution in [0.1, 0.15) is 40.5 Å². The van der Waals surface area contributed by atoms with Gasteiger partial charge in [0.25, 0.3) is 5.91 Å². The lowest BCUT2D eigenvalue weighted by Gasteiger charge is -2.24. The van der Waals surface area contributed by atoms with Gasteiger partial charge in [-0.15, -0.1) is 0 Å². The van der Waals surface area contributed by atoms with E-state index in [-0.39, 0.29) is 5.91 Å². The van der Waals surface area contributed by atoms with Crippen molar-refractivity contribution in [1.82, 2.24) is 20.3 Å². The van der Waals surface area contributed by atoms with Crippen LogP contribution in [0.3, 0.4) is 0 Å². The molecule has 1 aromatic heterocycles. The topological polar surface area (TPSA) is 49.3 Å². The smallest absolute Gasteiger partial charge is 0.265 e. The number of fused-ring (bicyclic) bond motifs is 3. The first-order valence-electron chi connectivity index (χ1n) is 10.1. The predicted molar refractivity (Wildman–Crippen MR) is 113 cm³/mol. The van der Waals surface area contributed by atoms with E-state index < -0.39 is 0 Å². The summed E-state index contributed by atoms with van der Waals surface area (Å²) in [6, 6.07) is 16.6. The van der Waals surface area contributed by atoms with E-state index in [0.29, 0.717) is 5.56 Å². The maximum Gasteiger partial charge on any atom is 0.265 e. The SMILES string of the molecule is CCCNNC(=O)c1ccc(Cn2c3c(c4ccccc42)CN(C)CC3)cc1. The largest absolute Gasteiger partial charge is 0.340 e. The third-order valence-corrected chi connectivity index (χ3v) is 5.49. The molecule has 0 atom stereocenters. The fraction of sp³-hybridized carbons (Fsp3) is 0.348. The molecule has 3 aromatic rings. The van der Waals surface area contributed by atoms with E-state index in [4.69, 9.17) is 0 Å². The van der Waals surface area contributed by atoms with Crippen LogP contribution in [0.25, 0.3) is 10.9 Å². The van der Waals surface area contributed by atoms with E-state index in [1.165, 1.54) is 27.7 Å². The summed E-state index contributed by atoms with van der Waals surface area (Å²) in [7, 11) is 2.19. The van der Waals surface area contributed by atoms with Gasteiger partial charge in [0.1, 0.15) is 0 Å². The molecule has 28 heavy (non-hydrogen) atoms. The van der Waals surface area contributed by atoms with Crippen molar-refractivity contribution < 1.29 is 4.79 Å². The number of benzene rings is 2. The van der Waals surface area contributed by atoms with Crippen LogP contribution in [0.5, 0.6) is 0 Å². The molecule has 0 spiro atoms. The van der Waals surface area contributed by atoms with Crippen LogP contribution in [-0.4, -0.2) is 35.5 Å². The van der Waals surface area contributed by atoms with Crippen molar-refractivity contribution in [1.29, 1.82) is 0 Å². The number of carbonyl (C=O) groups excluding carboxylic acids is 1. The molecule has 146 valence electrons. The van der Waals surface area contributed by atoms with E-state index in [2.05, 4.69) is 70.7 Å². The summed E-state index contributed by atoms with van der Waals surface area (Å²) in [6.45, 7) is 5.76. The highest BCUT2D eigenvalue weighted by atomic mass is 16.2. The van der Waals surface area contributed by atoms with E-state index in [0.717, 1.165) is 39.0 Å². The van der Waals surface area contributed by atoms with Crippen LogP contribution in [0.4, 0.5) is 0 Å². The molecule has 4 rings (SSSR count). The normalized spacial score (nSPS) is 14.2. The van der Waals surface area contributed by atoms with Crippen molar-refractivity contribution in [3.05, 3.63) is 70.9 Å². The second-order valence-corrected chi connectivity index (χ2v) is 7.59. The summed E-state index contributed by atoms with van der Waals surface area (Å²) < 4.78 is 2.45. The minimum absolute atomic E-state index is 0.0909. The zero-order valence-corrected chi connectivity index (χ0v) is 16.7. The van der Waals surface area contributed by atoms with Crippen molar-refractivity contribution in [3.63, 3.8) is 0 Å². The van der Waals surface area contributed by atoms with Gasteiger partial charge in [0.15, 0.2) is 0 Å². The molecule has 0 saturated heterocycles. The molecule has 1 amide bonds. The maximum absolute atomic E-state index is 12.2. The van der Waals surface area contributed by atoms with E-state index in [1.54, 1.807) is 0 Å². The van der Waals surface area contributed by atoms with Gasteiger partial charge in [0.05, 0.1) is 0 Å². The summed E-state index contributed by atoms with van der Waals surface area (Å²) >= 11 is 0. The number of nitrogens with one attached hydrogen (secondary N) is 2. The number of hydrogen-bond acceptors (Lipinski definition) is 3. The average molecular weight is 377 g/mol. The van der Waals surface area contributed by atoms with Crippen LogP contribution in [0, 0.1) is 0 Å². The quantitative estimate of drug-likeness (QED) is 0.513. The van der Waals surface area contributed by atoms with Gasteiger partial charge >= 0.3 is 0 Å². The highest BCUT2D eigenvalue weighted by molar-refractivity contribution is 5.93. The minimum Gasteiger partial charge on any atom is -0.340 e. The Hall–Kier alpha value is -2.63. The van der Waals surface area contributed by atoms with Crippen LogP contribution < -0.4 is 10.9 Å². The Bertz CT molecular complexity index is 974. The van der Waals surface area contributed by atoms with Crippen molar-refractivity contribution in [3.8, 4) is 0 Å². The summed E-state index contributed by atoms with van der Waals surface area (Å²) in [5.41, 5.74) is 11.8. The van der Waals surface area contributed by atoms with Gasteiger partial charge in [-0.3, -0.25) is 10.2 Å². The van der Waals surface area contributed by atoms with E-state index >= 15 is 0 Å². The Balaban J connectivity index is 1.58. The van der Waals surface area contributed by atoms with Crippen molar-refractivity contribution in [2.24, 2.45) is 0 Å². The second-order valence-electron chi connectivity index (χ2n) is 7.59. The molecular weight excluding hydrogens is 348 g/mol. The number of hydrazine groups is 1. The van der Waals surface area contributed by atoms with Gasteiger partial charge in [0.2, 0.25) is 0 Å². The number of hydrogen-bond donors (Lipinski definition) is 2. The van der Waals surface area contributed by atoms with Crippen molar-refractivity contribution >= 4 is 16.8 Å². The fourth-order valence-corrected chi connectivity index (χ4v) is 4.00. The summed E-state index contributed by atoms with van der Waals surface area (Å²) in [5, 5.41) is 1.36. The second kappa shape index (κ2) is 8.17. The van der Waals surface area contributed by atoms with Gasteiger partial charge in [-0.25, -0.2) is 5.43 Å². The lowest BCUT2D eigenvalue weighted by atomic mass is 10.1. The molecule has 0 fully saturated rings. The number of nitrogens with zero attached hydrogens (tertiary/aromatic N) is 2. The Morgan fingerprint density at radius 1 is 1.11 bits per heavy atom. The third-order valence-electron chi connectivity index (χ3n) is 5.49. The molecule has 2 N–H and O–H groups in total.